The molecule has 0 bridgehead atoms. The Labute approximate surface area is 45.6 Å². The zero-order valence-electron chi connectivity index (χ0n) is 3.33. The molecule has 1 aliphatic rings. The second-order valence-corrected chi connectivity index (χ2v) is 1.25. The van der Waals surface area contributed by atoms with Crippen LogP contribution in [-0.2, 0) is 0 Å². The van der Waals surface area contributed by atoms with Crippen molar-refractivity contribution in [3.63, 3.8) is 0 Å². The lowest BCUT2D eigenvalue weighted by Gasteiger charge is -1.71. The van der Waals surface area contributed by atoms with Gasteiger partial charge in [0, 0.05) is 5.73 Å². The summed E-state index contributed by atoms with van der Waals surface area (Å²) in [5.41, 5.74) is 7.37. The summed E-state index contributed by atoms with van der Waals surface area (Å²) in [6, 6.07) is 0. The van der Waals surface area contributed by atoms with Crippen LogP contribution in [0, 0.1) is 0 Å². The van der Waals surface area contributed by atoms with E-state index >= 15 is 0 Å². The summed E-state index contributed by atoms with van der Waals surface area (Å²) in [5, 5.41) is 0.277. The van der Waals surface area contributed by atoms with Crippen LogP contribution in [0.25, 0.3) is 0 Å². The van der Waals surface area contributed by atoms with Gasteiger partial charge in [0.15, 0.2) is 5.16 Å². The molecule has 2 heteroatoms. The Morgan fingerprint density at radius 3 is 2.57 bits per heavy atom. The van der Waals surface area contributed by atoms with Gasteiger partial charge in [-0.1, -0.05) is 11.6 Å². The van der Waals surface area contributed by atoms with Crippen molar-refractivity contribution in [3.8, 4) is 0 Å². The quantitative estimate of drug-likeness (QED) is 0.328. The average Bonchev–Trinajstić information content (AvgIpc) is 1.69. The molecule has 1 heterocycles. The molecule has 0 spiro atoms. The van der Waals surface area contributed by atoms with E-state index in [-0.39, 0.29) is 5.16 Å². The minimum absolute atomic E-state index is 0.277. The fourth-order valence-electron chi connectivity index (χ4n) is 0.216. The number of nitrogens with zero attached hydrogens (tertiary/aromatic N) is 1. The highest BCUT2D eigenvalue weighted by atomic mass is 35.5. The topological polar surface area (TPSA) is 12.4 Å². The van der Waals surface area contributed by atoms with Crippen molar-refractivity contribution in [1.82, 2.24) is 0 Å². The summed E-state index contributed by atoms with van der Waals surface area (Å²) in [7, 11) is 0. The number of halogens is 1. The molecule has 0 aromatic carbocycles. The van der Waals surface area contributed by atoms with E-state index in [0.717, 1.165) is 0 Å². The fraction of sp³-hybridized carbons (Fsp3) is 0. The maximum atomic E-state index is 5.29. The van der Waals surface area contributed by atoms with E-state index in [9.17, 15) is 0 Å². The Morgan fingerprint density at radius 1 is 1.43 bits per heavy atom. The summed E-state index contributed by atoms with van der Waals surface area (Å²) < 4.78 is 0. The van der Waals surface area contributed by atoms with E-state index < -0.39 is 0 Å². The zero-order valence-corrected chi connectivity index (χ0v) is 4.08. The van der Waals surface area contributed by atoms with Crippen LogP contribution < -0.4 is 0 Å². The van der Waals surface area contributed by atoms with Crippen molar-refractivity contribution >= 4 is 17.5 Å². The highest BCUT2D eigenvalue weighted by molar-refractivity contribution is 6.29. The van der Waals surface area contributed by atoms with Crippen LogP contribution in [-0.4, -0.2) is 5.87 Å². The molecular formula is C5ClN. The van der Waals surface area contributed by atoms with E-state index in [1.807, 2.05) is 0 Å². The minimum Gasteiger partial charge on any atom is -0.175 e. The van der Waals surface area contributed by atoms with Crippen LogP contribution in [0.5, 0.6) is 0 Å². The van der Waals surface area contributed by atoms with E-state index in [0.29, 0.717) is 0 Å². The van der Waals surface area contributed by atoms with Crippen molar-refractivity contribution in [2.45, 2.75) is 0 Å². The van der Waals surface area contributed by atoms with Crippen LogP contribution in [0.3, 0.4) is 0 Å². The third kappa shape index (κ3) is 0.961. The van der Waals surface area contributed by atoms with Crippen LogP contribution >= 0.6 is 11.6 Å². The van der Waals surface area contributed by atoms with Gasteiger partial charge in [0.2, 0.25) is 0 Å². The second-order valence-electron chi connectivity index (χ2n) is 0.889. The smallest absolute Gasteiger partial charge is 0.175 e. The van der Waals surface area contributed by atoms with Gasteiger partial charge in [0.05, 0.1) is 5.87 Å². The van der Waals surface area contributed by atoms with Gasteiger partial charge in [0.25, 0.3) is 0 Å². The third-order valence-electron chi connectivity index (χ3n) is 0.438. The summed E-state index contributed by atoms with van der Waals surface area (Å²) >= 11 is 5.29. The predicted octanol–water partition coefficient (Wildman–Crippen LogP) is 1.22. The molecule has 0 aromatic rings. The molecule has 0 aromatic heterocycles. The number of hydrogen-bond donors (Lipinski definition) is 0. The zero-order chi connectivity index (χ0) is 5.11. The summed E-state index contributed by atoms with van der Waals surface area (Å²) in [6.07, 6.45) is 0. The first-order chi connectivity index (χ1) is 3.39. The Bertz CT molecular complexity index is 239. The molecule has 1 rings (SSSR count). The third-order valence-corrected chi connectivity index (χ3v) is 0.617. The van der Waals surface area contributed by atoms with Crippen molar-refractivity contribution in [1.29, 1.82) is 0 Å². The molecular weight excluding hydrogens is 110 g/mol. The second kappa shape index (κ2) is 1.69. The first kappa shape index (κ1) is 4.24. The molecule has 1 nitrogen and oxygen atoms in total. The van der Waals surface area contributed by atoms with E-state index in [1.54, 1.807) is 0 Å². The molecule has 0 amide bonds. The Kier molecular flexibility index (Phi) is 1.02. The van der Waals surface area contributed by atoms with Gasteiger partial charge in [-0.15, -0.1) is 0 Å². The van der Waals surface area contributed by atoms with Gasteiger partial charge >= 0.3 is 0 Å². The summed E-state index contributed by atoms with van der Waals surface area (Å²) in [5.74, 6) is 2.37. The van der Waals surface area contributed by atoms with Crippen molar-refractivity contribution in [2.24, 2.45) is 4.99 Å². The Morgan fingerprint density at radius 2 is 2.29 bits per heavy atom. The SMILES string of the molecule is ClC1=C=C=C=C=N1. The predicted molar refractivity (Wildman–Crippen MR) is 27.3 cm³/mol. The lowest BCUT2D eigenvalue weighted by molar-refractivity contribution is 1.55. The van der Waals surface area contributed by atoms with Crippen molar-refractivity contribution < 1.29 is 0 Å². The van der Waals surface area contributed by atoms with Gasteiger partial charge < -0.3 is 0 Å². The van der Waals surface area contributed by atoms with Crippen LogP contribution in [0.4, 0.5) is 0 Å². The largest absolute Gasteiger partial charge is 0.190 e. The van der Waals surface area contributed by atoms with Crippen molar-refractivity contribution in [2.75, 3.05) is 0 Å². The van der Waals surface area contributed by atoms with Crippen LogP contribution in [0.2, 0.25) is 0 Å². The van der Waals surface area contributed by atoms with Gasteiger partial charge in [-0.25, -0.2) is 0 Å². The van der Waals surface area contributed by atoms with Gasteiger partial charge in [0.1, 0.15) is 0 Å². The van der Waals surface area contributed by atoms with Crippen LogP contribution in [0.1, 0.15) is 0 Å². The molecule has 32 valence electrons. The highest BCUT2D eigenvalue weighted by Crippen LogP contribution is 1.97. The molecule has 0 radical (unpaired) electrons. The molecule has 0 atom stereocenters. The number of rotatable bonds is 0. The molecule has 0 aliphatic carbocycles. The maximum absolute atomic E-state index is 5.29. The molecule has 7 heavy (non-hydrogen) atoms. The first-order valence-corrected chi connectivity index (χ1v) is 2.01. The van der Waals surface area contributed by atoms with Gasteiger partial charge in [-0.2, -0.15) is 4.99 Å². The standard InChI is InChI=1S/C5ClN/c6-5-3-1-2-4-7-5. The molecule has 0 saturated heterocycles. The molecule has 0 unspecified atom stereocenters. The average molecular weight is 110 g/mol. The van der Waals surface area contributed by atoms with Crippen molar-refractivity contribution in [3.05, 3.63) is 22.3 Å². The van der Waals surface area contributed by atoms with E-state index in [1.165, 1.54) is 0 Å². The van der Waals surface area contributed by atoms with E-state index in [4.69, 9.17) is 11.6 Å². The van der Waals surface area contributed by atoms with E-state index in [2.05, 4.69) is 28.1 Å². The summed E-state index contributed by atoms with van der Waals surface area (Å²) in [6.45, 7) is 0. The van der Waals surface area contributed by atoms with Gasteiger partial charge in [-0.3, -0.25) is 0 Å². The lowest BCUT2D eigenvalue weighted by Crippen LogP contribution is -1.57. The lowest BCUT2D eigenvalue weighted by atomic mass is 10.7. The number of aliphatic imine (C=N–C) groups is 1. The summed E-state index contributed by atoms with van der Waals surface area (Å²) in [4.78, 5) is 3.48. The highest BCUT2D eigenvalue weighted by Gasteiger charge is 1.77. The van der Waals surface area contributed by atoms with Gasteiger partial charge in [-0.05, 0) is 11.5 Å². The maximum Gasteiger partial charge on any atom is 0.190 e. The van der Waals surface area contributed by atoms with Crippen LogP contribution in [0.15, 0.2) is 27.3 Å². The fourth-order valence-corrected chi connectivity index (χ4v) is 0.305. The Hall–Kier alpha value is -0.920. The Balaban J connectivity index is 3.45. The monoisotopic (exact) mass is 109 g/mol. The molecule has 1 aliphatic heterocycles. The molecule has 0 fully saturated rings. The first-order valence-electron chi connectivity index (χ1n) is 1.64. The number of hydrogen-bond acceptors (Lipinski definition) is 1. The minimum atomic E-state index is 0.277. The normalized spacial score (nSPS) is 12.4. The molecule has 0 saturated carbocycles. The molecule has 0 N–H and O–H groups in total.